The number of carbonyl (C=O) groups is 1. The summed E-state index contributed by atoms with van der Waals surface area (Å²) in [4.78, 5) is 27.2. The number of hydrogen-bond acceptors (Lipinski definition) is 5. The van der Waals surface area contributed by atoms with Crippen LogP contribution in [0.25, 0.3) is 10.9 Å². The summed E-state index contributed by atoms with van der Waals surface area (Å²) >= 11 is 1.58. The van der Waals surface area contributed by atoms with E-state index in [4.69, 9.17) is 5.73 Å². The lowest BCUT2D eigenvalue weighted by molar-refractivity contribution is 0.0695. The minimum absolute atomic E-state index is 0.172. The normalized spacial score (nSPS) is 24.1. The first kappa shape index (κ1) is 18.0. The molecule has 8 heteroatoms. The molecule has 1 aromatic carbocycles. The van der Waals surface area contributed by atoms with Gasteiger partial charge < -0.3 is 20.3 Å². The second-order valence-corrected chi connectivity index (χ2v) is 9.06. The Kier molecular flexibility index (Phi) is 4.17. The van der Waals surface area contributed by atoms with E-state index in [-0.39, 0.29) is 23.0 Å². The van der Waals surface area contributed by atoms with Gasteiger partial charge in [-0.15, -0.1) is 11.8 Å². The molecule has 6 nitrogen and oxygen atoms in total. The van der Waals surface area contributed by atoms with E-state index in [0.29, 0.717) is 23.7 Å². The second-order valence-electron chi connectivity index (χ2n) is 8.03. The average molecular weight is 403 g/mol. The van der Waals surface area contributed by atoms with Crippen LogP contribution in [0, 0.1) is 11.7 Å². The number of carboxylic acid groups (broad SMARTS) is 1. The number of aromatic carboxylic acids is 1. The molecule has 3 N–H and O–H groups in total. The summed E-state index contributed by atoms with van der Waals surface area (Å²) in [6, 6.07) is 1.67. The smallest absolute Gasteiger partial charge is 0.341 e. The molecule has 2 aliphatic heterocycles. The van der Waals surface area contributed by atoms with Crippen LogP contribution in [0.4, 0.5) is 10.1 Å². The molecule has 5 rings (SSSR count). The SMILES string of the molecule is NC[C@@H]1CCN2c3c(F)cc4c(=O)c(C(=O)O)cn(C5CC5)c4c3SC[C@@H]2C1. The van der Waals surface area contributed by atoms with Crippen LogP contribution in [-0.2, 0) is 0 Å². The number of nitrogens with zero attached hydrogens (tertiary/aromatic N) is 2. The van der Waals surface area contributed by atoms with Gasteiger partial charge in [0.25, 0.3) is 0 Å². The van der Waals surface area contributed by atoms with Gasteiger partial charge in [0.2, 0.25) is 5.43 Å². The fourth-order valence-electron chi connectivity index (χ4n) is 4.62. The van der Waals surface area contributed by atoms with Crippen LogP contribution in [0.2, 0.25) is 0 Å². The Morgan fingerprint density at radius 2 is 2.11 bits per heavy atom. The predicted molar refractivity (Wildman–Crippen MR) is 107 cm³/mol. The predicted octanol–water partition coefficient (Wildman–Crippen LogP) is 2.82. The second kappa shape index (κ2) is 6.49. The molecule has 28 heavy (non-hydrogen) atoms. The van der Waals surface area contributed by atoms with Gasteiger partial charge in [0.05, 0.1) is 21.5 Å². The first-order valence-electron chi connectivity index (χ1n) is 9.73. The summed E-state index contributed by atoms with van der Waals surface area (Å²) < 4.78 is 17.1. The summed E-state index contributed by atoms with van der Waals surface area (Å²) in [7, 11) is 0. The molecule has 1 aliphatic carbocycles. The van der Waals surface area contributed by atoms with Crippen LogP contribution < -0.4 is 16.1 Å². The molecule has 0 amide bonds. The minimum atomic E-state index is -1.27. The number of carboxylic acids is 1. The highest BCUT2D eigenvalue weighted by Gasteiger charge is 2.37. The molecule has 0 radical (unpaired) electrons. The molecule has 1 saturated heterocycles. The van der Waals surface area contributed by atoms with Gasteiger partial charge >= 0.3 is 5.97 Å². The van der Waals surface area contributed by atoms with Crippen molar-refractivity contribution in [2.75, 3.05) is 23.7 Å². The van der Waals surface area contributed by atoms with Crippen LogP contribution >= 0.6 is 11.8 Å². The number of rotatable bonds is 3. The first-order valence-corrected chi connectivity index (χ1v) is 10.7. The number of piperidine rings is 1. The summed E-state index contributed by atoms with van der Waals surface area (Å²) in [5.74, 6) is -0.416. The summed E-state index contributed by atoms with van der Waals surface area (Å²) in [5, 5.41) is 9.60. The maximum absolute atomic E-state index is 15.2. The van der Waals surface area contributed by atoms with Crippen molar-refractivity contribution in [3.63, 3.8) is 0 Å². The van der Waals surface area contributed by atoms with Crippen LogP contribution in [-0.4, -0.2) is 40.5 Å². The van der Waals surface area contributed by atoms with Gasteiger partial charge in [0.1, 0.15) is 11.4 Å². The van der Waals surface area contributed by atoms with E-state index in [9.17, 15) is 14.7 Å². The Bertz CT molecular complexity index is 1050. The Hall–Kier alpha value is -2.06. The third kappa shape index (κ3) is 2.65. The van der Waals surface area contributed by atoms with Crippen molar-refractivity contribution in [3.05, 3.63) is 33.9 Å². The molecule has 2 fully saturated rings. The Morgan fingerprint density at radius 3 is 2.79 bits per heavy atom. The number of anilines is 1. The van der Waals surface area contributed by atoms with Crippen molar-refractivity contribution in [1.82, 2.24) is 4.57 Å². The standard InChI is InChI=1S/C20H22FN3O3S/c21-15-6-13-16(24(11-1-2-11)8-14(18(13)25)20(26)27)19-17(15)23-4-3-10(7-22)5-12(23)9-28-19/h6,8,10-12H,1-5,7,9,22H2,(H,26,27)/t10-,12+/m1/s1. The number of thioether (sulfide) groups is 1. The minimum Gasteiger partial charge on any atom is -0.477 e. The van der Waals surface area contributed by atoms with E-state index in [1.54, 1.807) is 11.8 Å². The van der Waals surface area contributed by atoms with Gasteiger partial charge in [-0.3, -0.25) is 4.79 Å². The lowest BCUT2D eigenvalue weighted by Crippen LogP contribution is -2.48. The summed E-state index contributed by atoms with van der Waals surface area (Å²) in [6.45, 7) is 1.41. The Balaban J connectivity index is 1.75. The molecule has 148 valence electrons. The molecule has 1 aromatic heterocycles. The number of fused-ring (bicyclic) bond motifs is 5. The van der Waals surface area contributed by atoms with Crippen molar-refractivity contribution in [1.29, 1.82) is 0 Å². The van der Waals surface area contributed by atoms with Crippen molar-refractivity contribution < 1.29 is 14.3 Å². The van der Waals surface area contributed by atoms with E-state index in [2.05, 4.69) is 4.90 Å². The topological polar surface area (TPSA) is 88.6 Å². The highest BCUT2D eigenvalue weighted by atomic mass is 32.2. The maximum atomic E-state index is 15.2. The third-order valence-electron chi connectivity index (χ3n) is 6.23. The molecule has 0 spiro atoms. The lowest BCUT2D eigenvalue weighted by atomic mass is 9.91. The van der Waals surface area contributed by atoms with Gasteiger partial charge in [-0.05, 0) is 44.2 Å². The number of pyridine rings is 1. The molecular formula is C20H22FN3O3S. The highest BCUT2D eigenvalue weighted by molar-refractivity contribution is 7.99. The summed E-state index contributed by atoms with van der Waals surface area (Å²) in [6.07, 6.45) is 5.22. The molecule has 1 saturated carbocycles. The first-order chi connectivity index (χ1) is 13.5. The van der Waals surface area contributed by atoms with E-state index < -0.39 is 17.2 Å². The molecule has 2 atom stereocenters. The van der Waals surface area contributed by atoms with E-state index in [0.717, 1.165) is 42.9 Å². The molecule has 2 aromatic rings. The van der Waals surface area contributed by atoms with E-state index >= 15 is 4.39 Å². The lowest BCUT2D eigenvalue weighted by Gasteiger charge is -2.44. The van der Waals surface area contributed by atoms with Crippen LogP contribution in [0.1, 0.15) is 42.1 Å². The van der Waals surface area contributed by atoms with Crippen molar-refractivity contribution in [2.45, 2.75) is 42.7 Å². The Labute approximate surface area is 165 Å². The maximum Gasteiger partial charge on any atom is 0.341 e. The van der Waals surface area contributed by atoms with Gasteiger partial charge in [0.15, 0.2) is 0 Å². The van der Waals surface area contributed by atoms with Crippen LogP contribution in [0.5, 0.6) is 0 Å². The van der Waals surface area contributed by atoms with Crippen LogP contribution in [0.3, 0.4) is 0 Å². The quantitative estimate of drug-likeness (QED) is 0.819. The number of hydrogen-bond donors (Lipinski definition) is 2. The van der Waals surface area contributed by atoms with E-state index in [1.807, 2.05) is 4.57 Å². The highest BCUT2D eigenvalue weighted by Crippen LogP contribution is 2.48. The molecular weight excluding hydrogens is 381 g/mol. The number of aromatic nitrogens is 1. The number of benzene rings is 1. The van der Waals surface area contributed by atoms with Gasteiger partial charge in [-0.2, -0.15) is 0 Å². The Morgan fingerprint density at radius 1 is 1.32 bits per heavy atom. The van der Waals surface area contributed by atoms with Gasteiger partial charge in [-0.25, -0.2) is 9.18 Å². The fraction of sp³-hybridized carbons (Fsp3) is 0.500. The molecule has 0 unspecified atom stereocenters. The average Bonchev–Trinajstić information content (AvgIpc) is 3.52. The number of nitrogens with two attached hydrogens (primary N) is 1. The number of halogens is 1. The van der Waals surface area contributed by atoms with Crippen molar-refractivity contribution in [3.8, 4) is 0 Å². The van der Waals surface area contributed by atoms with Crippen molar-refractivity contribution in [2.24, 2.45) is 11.7 Å². The fourth-order valence-corrected chi connectivity index (χ4v) is 6.00. The molecule has 3 heterocycles. The van der Waals surface area contributed by atoms with Crippen molar-refractivity contribution >= 4 is 34.3 Å². The van der Waals surface area contributed by atoms with Gasteiger partial charge in [0, 0.05) is 30.6 Å². The zero-order chi connectivity index (χ0) is 19.6. The zero-order valence-corrected chi connectivity index (χ0v) is 16.2. The molecule has 0 bridgehead atoms. The zero-order valence-electron chi connectivity index (χ0n) is 15.4. The molecule has 3 aliphatic rings. The van der Waals surface area contributed by atoms with E-state index in [1.165, 1.54) is 12.3 Å². The van der Waals surface area contributed by atoms with Gasteiger partial charge in [-0.1, -0.05) is 0 Å². The van der Waals surface area contributed by atoms with Crippen LogP contribution in [0.15, 0.2) is 22.0 Å². The third-order valence-corrected chi connectivity index (χ3v) is 7.46. The largest absolute Gasteiger partial charge is 0.477 e. The summed E-state index contributed by atoms with van der Waals surface area (Å²) in [5.41, 5.74) is 6.22. The monoisotopic (exact) mass is 403 g/mol.